The van der Waals surface area contributed by atoms with Crippen LogP contribution in [0.2, 0.25) is 0 Å². The lowest BCUT2D eigenvalue weighted by atomic mass is 10.3. The summed E-state index contributed by atoms with van der Waals surface area (Å²) < 4.78 is 4.79. The Kier molecular flexibility index (Phi) is 3.33. The summed E-state index contributed by atoms with van der Waals surface area (Å²) in [5.74, 6) is 0.692. The van der Waals surface area contributed by atoms with Crippen molar-refractivity contribution >= 4 is 0 Å². The minimum Gasteiger partial charge on any atom is -0.504 e. The zero-order valence-corrected chi connectivity index (χ0v) is 5.16. The summed E-state index contributed by atoms with van der Waals surface area (Å²) in [6.45, 7) is 0. The SMILES string of the molecule is C.COc1ccccc1O. The molecular weight excluding hydrogens is 128 g/mol. The van der Waals surface area contributed by atoms with Crippen LogP contribution < -0.4 is 4.74 Å². The van der Waals surface area contributed by atoms with Crippen molar-refractivity contribution in [2.24, 2.45) is 0 Å². The number of benzene rings is 1. The summed E-state index contributed by atoms with van der Waals surface area (Å²) in [5, 5.41) is 8.99. The van der Waals surface area contributed by atoms with E-state index in [1.54, 1.807) is 24.3 Å². The molecule has 0 radical (unpaired) electrons. The highest BCUT2D eigenvalue weighted by atomic mass is 16.5. The lowest BCUT2D eigenvalue weighted by molar-refractivity contribution is 0.373. The first-order chi connectivity index (χ1) is 4.34. The van der Waals surface area contributed by atoms with Crippen LogP contribution in [0.5, 0.6) is 11.5 Å². The number of para-hydroxylation sites is 2. The molecule has 0 heterocycles. The fraction of sp³-hybridized carbons (Fsp3) is 0.250. The lowest BCUT2D eigenvalue weighted by Crippen LogP contribution is -1.80. The first-order valence-electron chi connectivity index (χ1n) is 2.66. The van der Waals surface area contributed by atoms with Crippen molar-refractivity contribution in [2.45, 2.75) is 7.43 Å². The number of ether oxygens (including phenoxy) is 1. The van der Waals surface area contributed by atoms with Gasteiger partial charge in [-0.1, -0.05) is 19.6 Å². The average Bonchev–Trinajstić information content (AvgIpc) is 1.89. The van der Waals surface area contributed by atoms with Gasteiger partial charge in [-0.15, -0.1) is 0 Å². The van der Waals surface area contributed by atoms with Crippen molar-refractivity contribution < 1.29 is 9.84 Å². The molecule has 1 rings (SSSR count). The molecule has 0 spiro atoms. The monoisotopic (exact) mass is 140 g/mol. The minimum atomic E-state index is 0. The van der Waals surface area contributed by atoms with Crippen molar-refractivity contribution in [3.8, 4) is 11.5 Å². The van der Waals surface area contributed by atoms with Gasteiger partial charge in [0, 0.05) is 0 Å². The quantitative estimate of drug-likeness (QED) is 0.646. The van der Waals surface area contributed by atoms with Gasteiger partial charge in [-0.25, -0.2) is 0 Å². The van der Waals surface area contributed by atoms with Gasteiger partial charge in [-0.2, -0.15) is 0 Å². The zero-order valence-electron chi connectivity index (χ0n) is 5.16. The third-order valence-corrected chi connectivity index (χ3v) is 1.09. The number of methoxy groups -OCH3 is 1. The first-order valence-corrected chi connectivity index (χ1v) is 2.66. The summed E-state index contributed by atoms with van der Waals surface area (Å²) in [4.78, 5) is 0. The molecule has 2 heteroatoms. The molecular formula is C8H12O2. The second-order valence-electron chi connectivity index (χ2n) is 1.67. The Balaban J connectivity index is 0.000000810. The Hall–Kier alpha value is -1.18. The third kappa shape index (κ3) is 1.65. The second-order valence-corrected chi connectivity index (χ2v) is 1.67. The first kappa shape index (κ1) is 8.82. The molecule has 0 amide bonds. The summed E-state index contributed by atoms with van der Waals surface area (Å²) in [6.07, 6.45) is 0. The van der Waals surface area contributed by atoms with Crippen molar-refractivity contribution in [2.75, 3.05) is 7.11 Å². The van der Waals surface area contributed by atoms with E-state index in [-0.39, 0.29) is 13.2 Å². The van der Waals surface area contributed by atoms with Crippen LogP contribution in [0, 0.1) is 0 Å². The van der Waals surface area contributed by atoms with Crippen LogP contribution in [-0.2, 0) is 0 Å². The fourth-order valence-corrected chi connectivity index (χ4v) is 0.630. The highest BCUT2D eigenvalue weighted by Gasteiger charge is 1.94. The van der Waals surface area contributed by atoms with Gasteiger partial charge >= 0.3 is 0 Å². The third-order valence-electron chi connectivity index (χ3n) is 1.09. The normalized spacial score (nSPS) is 8.10. The molecule has 0 saturated carbocycles. The molecule has 1 N–H and O–H groups in total. The van der Waals surface area contributed by atoms with E-state index in [0.717, 1.165) is 0 Å². The molecule has 0 aliphatic heterocycles. The van der Waals surface area contributed by atoms with Crippen LogP contribution in [-0.4, -0.2) is 12.2 Å². The number of phenols is 1. The zero-order chi connectivity index (χ0) is 6.69. The molecule has 0 aliphatic rings. The fourth-order valence-electron chi connectivity index (χ4n) is 0.630. The molecule has 0 aliphatic carbocycles. The van der Waals surface area contributed by atoms with Crippen molar-refractivity contribution in [3.05, 3.63) is 24.3 Å². The average molecular weight is 140 g/mol. The van der Waals surface area contributed by atoms with Gasteiger partial charge in [0.25, 0.3) is 0 Å². The molecule has 56 valence electrons. The maximum atomic E-state index is 8.99. The number of aromatic hydroxyl groups is 1. The summed E-state index contributed by atoms with van der Waals surface area (Å²) in [5.41, 5.74) is 0. The van der Waals surface area contributed by atoms with Gasteiger partial charge in [-0.3, -0.25) is 0 Å². The van der Waals surface area contributed by atoms with Crippen LogP contribution in [0.4, 0.5) is 0 Å². The van der Waals surface area contributed by atoms with Crippen molar-refractivity contribution in [3.63, 3.8) is 0 Å². The van der Waals surface area contributed by atoms with E-state index in [1.165, 1.54) is 7.11 Å². The smallest absolute Gasteiger partial charge is 0.160 e. The Morgan fingerprint density at radius 2 is 1.90 bits per heavy atom. The predicted octanol–water partition coefficient (Wildman–Crippen LogP) is 2.04. The topological polar surface area (TPSA) is 29.5 Å². The molecule has 1 aromatic rings. The summed E-state index contributed by atoms with van der Waals surface area (Å²) >= 11 is 0. The van der Waals surface area contributed by atoms with E-state index < -0.39 is 0 Å². The van der Waals surface area contributed by atoms with E-state index in [0.29, 0.717) is 5.75 Å². The number of hydrogen-bond acceptors (Lipinski definition) is 2. The predicted molar refractivity (Wildman–Crippen MR) is 41.4 cm³/mol. The molecule has 0 unspecified atom stereocenters. The summed E-state index contributed by atoms with van der Waals surface area (Å²) in [6, 6.07) is 6.84. The van der Waals surface area contributed by atoms with E-state index in [1.807, 2.05) is 0 Å². The Morgan fingerprint density at radius 1 is 1.30 bits per heavy atom. The van der Waals surface area contributed by atoms with Gasteiger partial charge in [-0.05, 0) is 12.1 Å². The maximum absolute atomic E-state index is 8.99. The molecule has 10 heavy (non-hydrogen) atoms. The van der Waals surface area contributed by atoms with Crippen LogP contribution in [0.15, 0.2) is 24.3 Å². The van der Waals surface area contributed by atoms with Crippen LogP contribution in [0.1, 0.15) is 7.43 Å². The molecule has 1 aromatic carbocycles. The van der Waals surface area contributed by atoms with Gasteiger partial charge in [0.1, 0.15) is 0 Å². The molecule has 0 aromatic heterocycles. The van der Waals surface area contributed by atoms with Gasteiger partial charge < -0.3 is 9.84 Å². The minimum absolute atomic E-state index is 0. The number of phenolic OH excluding ortho intramolecular Hbond substituents is 1. The van der Waals surface area contributed by atoms with E-state index in [4.69, 9.17) is 9.84 Å². The molecule has 0 atom stereocenters. The van der Waals surface area contributed by atoms with E-state index >= 15 is 0 Å². The lowest BCUT2D eigenvalue weighted by Gasteiger charge is -1.99. The van der Waals surface area contributed by atoms with Gasteiger partial charge in [0.05, 0.1) is 7.11 Å². The summed E-state index contributed by atoms with van der Waals surface area (Å²) in [7, 11) is 1.52. The van der Waals surface area contributed by atoms with E-state index in [9.17, 15) is 0 Å². The largest absolute Gasteiger partial charge is 0.504 e. The van der Waals surface area contributed by atoms with Crippen LogP contribution in [0.25, 0.3) is 0 Å². The Bertz CT molecular complexity index is 196. The second kappa shape index (κ2) is 3.77. The molecule has 0 saturated heterocycles. The molecule has 2 nitrogen and oxygen atoms in total. The van der Waals surface area contributed by atoms with Crippen molar-refractivity contribution in [1.82, 2.24) is 0 Å². The van der Waals surface area contributed by atoms with Crippen LogP contribution in [0.3, 0.4) is 0 Å². The van der Waals surface area contributed by atoms with E-state index in [2.05, 4.69) is 0 Å². The molecule has 0 bridgehead atoms. The van der Waals surface area contributed by atoms with Gasteiger partial charge in [0.15, 0.2) is 11.5 Å². The Labute approximate surface area is 61.1 Å². The van der Waals surface area contributed by atoms with Gasteiger partial charge in [0.2, 0.25) is 0 Å². The maximum Gasteiger partial charge on any atom is 0.160 e. The standard InChI is InChI=1S/C7H8O2.CH4/c1-9-7-5-3-2-4-6(7)8;/h2-5,8H,1H3;1H4. The van der Waals surface area contributed by atoms with Crippen molar-refractivity contribution in [1.29, 1.82) is 0 Å². The Morgan fingerprint density at radius 3 is 2.30 bits per heavy atom. The van der Waals surface area contributed by atoms with Crippen LogP contribution >= 0.6 is 0 Å². The number of rotatable bonds is 1. The number of hydrogen-bond donors (Lipinski definition) is 1. The highest BCUT2D eigenvalue weighted by molar-refractivity contribution is 5.37. The molecule has 0 fully saturated rings. The highest BCUT2D eigenvalue weighted by Crippen LogP contribution is 2.22.